The van der Waals surface area contributed by atoms with Crippen molar-refractivity contribution in [1.82, 2.24) is 15.8 Å². The molecule has 1 unspecified atom stereocenters. The third-order valence-corrected chi connectivity index (χ3v) is 1.83. The molecule has 3 nitrogen and oxygen atoms in total. The van der Waals surface area contributed by atoms with Crippen LogP contribution in [0.2, 0.25) is 0 Å². The summed E-state index contributed by atoms with van der Waals surface area (Å²) in [6, 6.07) is 0. The minimum atomic E-state index is 0.304. The number of rotatable bonds is 0. The zero-order valence-corrected chi connectivity index (χ0v) is 7.23. The molecule has 0 aliphatic carbocycles. The normalized spacial score (nSPS) is 29.4. The van der Waals surface area contributed by atoms with E-state index in [1.54, 1.807) is 0 Å². The van der Waals surface area contributed by atoms with Gasteiger partial charge in [0.15, 0.2) is 0 Å². The van der Waals surface area contributed by atoms with Gasteiger partial charge in [0.25, 0.3) is 0 Å². The van der Waals surface area contributed by atoms with Gasteiger partial charge in [0.2, 0.25) is 0 Å². The molecule has 0 aromatic heterocycles. The Labute approximate surface area is 62.8 Å². The highest BCUT2D eigenvalue weighted by atomic mass is 15.6. The van der Waals surface area contributed by atoms with Crippen molar-refractivity contribution >= 4 is 0 Å². The van der Waals surface area contributed by atoms with Crippen molar-refractivity contribution < 1.29 is 0 Å². The van der Waals surface area contributed by atoms with Crippen LogP contribution >= 0.6 is 0 Å². The SMILES string of the molecule is CN1NCNC1C(C)(C)C. The quantitative estimate of drug-likeness (QED) is 0.512. The van der Waals surface area contributed by atoms with Crippen LogP contribution < -0.4 is 10.7 Å². The van der Waals surface area contributed by atoms with E-state index in [1.807, 2.05) is 0 Å². The second-order valence-electron chi connectivity index (χ2n) is 3.92. The average Bonchev–Trinajstić information content (AvgIpc) is 2.11. The second-order valence-corrected chi connectivity index (χ2v) is 3.92. The Morgan fingerprint density at radius 3 is 2.20 bits per heavy atom. The summed E-state index contributed by atoms with van der Waals surface area (Å²) < 4.78 is 0. The van der Waals surface area contributed by atoms with Gasteiger partial charge in [-0.1, -0.05) is 20.8 Å². The molecule has 1 saturated heterocycles. The monoisotopic (exact) mass is 143 g/mol. The van der Waals surface area contributed by atoms with Gasteiger partial charge in [-0.2, -0.15) is 0 Å². The van der Waals surface area contributed by atoms with Crippen LogP contribution in [-0.2, 0) is 0 Å². The average molecular weight is 143 g/mol. The van der Waals surface area contributed by atoms with E-state index in [0.29, 0.717) is 11.6 Å². The molecule has 1 atom stereocenters. The molecule has 0 amide bonds. The van der Waals surface area contributed by atoms with Gasteiger partial charge in [-0.05, 0) is 5.41 Å². The first-order chi connectivity index (χ1) is 4.52. The van der Waals surface area contributed by atoms with Gasteiger partial charge in [0, 0.05) is 7.05 Å². The Morgan fingerprint density at radius 1 is 1.40 bits per heavy atom. The zero-order chi connectivity index (χ0) is 7.78. The second kappa shape index (κ2) is 2.49. The van der Waals surface area contributed by atoms with Crippen molar-refractivity contribution in [1.29, 1.82) is 0 Å². The first-order valence-corrected chi connectivity index (χ1v) is 3.71. The smallest absolute Gasteiger partial charge is 0.0789 e. The lowest BCUT2D eigenvalue weighted by Crippen LogP contribution is -2.45. The third kappa shape index (κ3) is 1.48. The molecule has 1 heterocycles. The van der Waals surface area contributed by atoms with Crippen molar-refractivity contribution in [3.05, 3.63) is 0 Å². The van der Waals surface area contributed by atoms with Gasteiger partial charge in [-0.3, -0.25) is 5.32 Å². The summed E-state index contributed by atoms with van der Waals surface area (Å²) in [6.07, 6.45) is 0.451. The maximum atomic E-state index is 3.36. The highest BCUT2D eigenvalue weighted by Gasteiger charge is 2.30. The molecule has 0 aromatic rings. The van der Waals surface area contributed by atoms with Crippen molar-refractivity contribution in [2.24, 2.45) is 5.41 Å². The lowest BCUT2D eigenvalue weighted by atomic mass is 9.92. The fourth-order valence-electron chi connectivity index (χ4n) is 1.38. The maximum Gasteiger partial charge on any atom is 0.0789 e. The molecule has 10 heavy (non-hydrogen) atoms. The van der Waals surface area contributed by atoms with E-state index < -0.39 is 0 Å². The van der Waals surface area contributed by atoms with Gasteiger partial charge in [-0.15, -0.1) is 0 Å². The molecule has 1 rings (SSSR count). The van der Waals surface area contributed by atoms with Crippen LogP contribution in [0.15, 0.2) is 0 Å². The number of nitrogens with zero attached hydrogens (tertiary/aromatic N) is 1. The summed E-state index contributed by atoms with van der Waals surface area (Å²) in [6.45, 7) is 7.58. The third-order valence-electron chi connectivity index (χ3n) is 1.83. The lowest BCUT2D eigenvalue weighted by Gasteiger charge is -2.31. The Hall–Kier alpha value is -0.120. The van der Waals surface area contributed by atoms with Crippen LogP contribution in [-0.4, -0.2) is 24.9 Å². The Kier molecular flexibility index (Phi) is 1.99. The molecule has 0 spiro atoms. The van der Waals surface area contributed by atoms with E-state index in [2.05, 4.69) is 43.6 Å². The van der Waals surface area contributed by atoms with E-state index in [-0.39, 0.29) is 0 Å². The molecular weight excluding hydrogens is 126 g/mol. The van der Waals surface area contributed by atoms with Crippen LogP contribution in [0.5, 0.6) is 0 Å². The summed E-state index contributed by atoms with van der Waals surface area (Å²) in [5.41, 5.74) is 3.50. The summed E-state index contributed by atoms with van der Waals surface area (Å²) in [4.78, 5) is 0. The fraction of sp³-hybridized carbons (Fsp3) is 1.00. The summed E-state index contributed by atoms with van der Waals surface area (Å²) in [5.74, 6) is 0. The van der Waals surface area contributed by atoms with Crippen LogP contribution in [0.25, 0.3) is 0 Å². The molecule has 0 aromatic carbocycles. The summed E-state index contributed by atoms with van der Waals surface area (Å²) in [7, 11) is 2.07. The van der Waals surface area contributed by atoms with Crippen molar-refractivity contribution in [2.75, 3.05) is 13.7 Å². The number of hydrazine groups is 1. The van der Waals surface area contributed by atoms with E-state index in [0.717, 1.165) is 6.67 Å². The number of hydrogen-bond donors (Lipinski definition) is 2. The van der Waals surface area contributed by atoms with Gasteiger partial charge < -0.3 is 0 Å². The van der Waals surface area contributed by atoms with E-state index in [9.17, 15) is 0 Å². The summed E-state index contributed by atoms with van der Waals surface area (Å²) in [5, 5.41) is 5.49. The van der Waals surface area contributed by atoms with Crippen molar-refractivity contribution in [2.45, 2.75) is 26.9 Å². The standard InChI is InChI=1S/C7H17N3/c1-7(2,3)6-8-5-9-10(6)4/h6,8-9H,5H2,1-4H3. The van der Waals surface area contributed by atoms with Gasteiger partial charge >= 0.3 is 0 Å². The topological polar surface area (TPSA) is 27.3 Å². The minimum Gasteiger partial charge on any atom is -0.287 e. The van der Waals surface area contributed by atoms with Gasteiger partial charge in [0.05, 0.1) is 12.8 Å². The highest BCUT2D eigenvalue weighted by molar-refractivity contribution is 4.80. The van der Waals surface area contributed by atoms with Crippen LogP contribution in [0.3, 0.4) is 0 Å². The first-order valence-electron chi connectivity index (χ1n) is 3.71. The Bertz CT molecular complexity index is 117. The van der Waals surface area contributed by atoms with Crippen LogP contribution in [0, 0.1) is 5.41 Å². The minimum absolute atomic E-state index is 0.304. The van der Waals surface area contributed by atoms with E-state index >= 15 is 0 Å². The van der Waals surface area contributed by atoms with Crippen LogP contribution in [0.4, 0.5) is 0 Å². The van der Waals surface area contributed by atoms with E-state index in [1.165, 1.54) is 0 Å². The summed E-state index contributed by atoms with van der Waals surface area (Å²) >= 11 is 0. The lowest BCUT2D eigenvalue weighted by molar-refractivity contribution is 0.120. The molecule has 1 aliphatic heterocycles. The molecule has 0 saturated carbocycles. The molecule has 60 valence electrons. The molecule has 2 N–H and O–H groups in total. The Balaban J connectivity index is 2.55. The van der Waals surface area contributed by atoms with Gasteiger partial charge in [-0.25, -0.2) is 10.4 Å². The maximum absolute atomic E-state index is 3.36. The largest absolute Gasteiger partial charge is 0.287 e. The first kappa shape index (κ1) is 7.98. The van der Waals surface area contributed by atoms with Crippen molar-refractivity contribution in [3.8, 4) is 0 Å². The molecule has 3 heteroatoms. The molecule has 1 aliphatic rings. The predicted octanol–water partition coefficient (Wildman–Crippen LogP) is 0.356. The van der Waals surface area contributed by atoms with E-state index in [4.69, 9.17) is 0 Å². The number of hydrogen-bond acceptors (Lipinski definition) is 3. The molecule has 0 radical (unpaired) electrons. The highest BCUT2D eigenvalue weighted by Crippen LogP contribution is 2.21. The zero-order valence-electron chi connectivity index (χ0n) is 7.23. The predicted molar refractivity (Wildman–Crippen MR) is 42.1 cm³/mol. The molecule has 1 fully saturated rings. The molecular formula is C7H17N3. The number of nitrogens with one attached hydrogen (secondary N) is 2. The Morgan fingerprint density at radius 2 is 2.00 bits per heavy atom. The van der Waals surface area contributed by atoms with Gasteiger partial charge in [0.1, 0.15) is 0 Å². The van der Waals surface area contributed by atoms with Crippen molar-refractivity contribution in [3.63, 3.8) is 0 Å². The molecule has 0 bridgehead atoms. The van der Waals surface area contributed by atoms with Crippen LogP contribution in [0.1, 0.15) is 20.8 Å². The fourth-order valence-corrected chi connectivity index (χ4v) is 1.38.